The third-order valence-electron chi connectivity index (χ3n) is 5.20. The topological polar surface area (TPSA) is 61.4 Å². The average Bonchev–Trinajstić information content (AvgIpc) is 2.50. The summed E-state index contributed by atoms with van der Waals surface area (Å²) in [6, 6.07) is 0.451. The van der Waals surface area contributed by atoms with Crippen LogP contribution in [0.3, 0.4) is 0 Å². The molecule has 2 amide bonds. The molecule has 0 aromatic rings. The van der Waals surface area contributed by atoms with Crippen LogP contribution in [0.4, 0.5) is 0 Å². The van der Waals surface area contributed by atoms with Gasteiger partial charge in [-0.2, -0.15) is 0 Å². The van der Waals surface area contributed by atoms with Gasteiger partial charge >= 0.3 is 0 Å². The Balaban J connectivity index is 1.79. The molecule has 1 heterocycles. The van der Waals surface area contributed by atoms with E-state index in [9.17, 15) is 9.59 Å². The summed E-state index contributed by atoms with van der Waals surface area (Å²) in [4.78, 5) is 26.7. The molecule has 1 saturated carbocycles. The summed E-state index contributed by atoms with van der Waals surface area (Å²) in [5.41, 5.74) is 0. The third kappa shape index (κ3) is 4.45. The summed E-state index contributed by atoms with van der Waals surface area (Å²) in [5, 5.41) is 6.43. The number of rotatable bonds is 4. The highest BCUT2D eigenvalue weighted by molar-refractivity contribution is 5.81. The summed E-state index contributed by atoms with van der Waals surface area (Å²) in [7, 11) is 0. The molecule has 126 valence electrons. The number of hydrogen-bond acceptors (Lipinski definition) is 3. The first kappa shape index (κ1) is 17.3. The van der Waals surface area contributed by atoms with Crippen LogP contribution in [-0.4, -0.2) is 47.9 Å². The van der Waals surface area contributed by atoms with E-state index in [2.05, 4.69) is 24.5 Å². The molecule has 22 heavy (non-hydrogen) atoms. The largest absolute Gasteiger partial charge is 0.353 e. The van der Waals surface area contributed by atoms with E-state index in [1.54, 1.807) is 0 Å². The summed E-state index contributed by atoms with van der Waals surface area (Å²) < 4.78 is 0. The maximum Gasteiger partial charge on any atom is 0.224 e. The predicted molar refractivity (Wildman–Crippen MR) is 87.4 cm³/mol. The monoisotopic (exact) mass is 309 g/mol. The molecule has 2 rings (SSSR count). The van der Waals surface area contributed by atoms with Crippen LogP contribution in [0, 0.1) is 5.92 Å². The van der Waals surface area contributed by atoms with Crippen molar-refractivity contribution in [2.24, 2.45) is 5.92 Å². The minimum atomic E-state index is -0.0840. The maximum absolute atomic E-state index is 12.5. The molecule has 0 aromatic carbocycles. The lowest BCUT2D eigenvalue weighted by molar-refractivity contribution is -0.135. The summed E-state index contributed by atoms with van der Waals surface area (Å²) in [6.45, 7) is 7.74. The Kier molecular flexibility index (Phi) is 6.24. The number of nitrogens with zero attached hydrogens (tertiary/aromatic N) is 1. The second-order valence-corrected chi connectivity index (χ2v) is 7.02. The molecule has 0 bridgehead atoms. The van der Waals surface area contributed by atoms with Crippen LogP contribution >= 0.6 is 0 Å². The first-order valence-electron chi connectivity index (χ1n) is 8.82. The molecule has 3 atom stereocenters. The van der Waals surface area contributed by atoms with Gasteiger partial charge in [0.25, 0.3) is 0 Å². The highest BCUT2D eigenvalue weighted by atomic mass is 16.2. The van der Waals surface area contributed by atoms with Gasteiger partial charge in [-0.1, -0.05) is 19.3 Å². The molecular formula is C17H31N3O2. The lowest BCUT2D eigenvalue weighted by Gasteiger charge is -2.39. The fourth-order valence-corrected chi connectivity index (χ4v) is 3.56. The van der Waals surface area contributed by atoms with Crippen LogP contribution in [0.2, 0.25) is 0 Å². The van der Waals surface area contributed by atoms with E-state index < -0.39 is 0 Å². The van der Waals surface area contributed by atoms with Gasteiger partial charge < -0.3 is 15.5 Å². The molecule has 1 aliphatic carbocycles. The first-order chi connectivity index (χ1) is 10.5. The van der Waals surface area contributed by atoms with E-state index in [4.69, 9.17) is 0 Å². The predicted octanol–water partition coefficient (Wildman–Crippen LogP) is 1.67. The molecule has 2 aliphatic rings. The number of amides is 2. The van der Waals surface area contributed by atoms with E-state index in [0.717, 1.165) is 38.8 Å². The second-order valence-electron chi connectivity index (χ2n) is 7.02. The normalized spacial score (nSPS) is 28.2. The van der Waals surface area contributed by atoms with Crippen LogP contribution in [0.5, 0.6) is 0 Å². The highest BCUT2D eigenvalue weighted by Crippen LogP contribution is 2.23. The molecule has 1 saturated heterocycles. The SMILES string of the molecule is CC(CC(=O)N1CCNC(C)C1C)NC(=O)C1CCCCC1. The van der Waals surface area contributed by atoms with Crippen molar-refractivity contribution in [1.82, 2.24) is 15.5 Å². The lowest BCUT2D eigenvalue weighted by Crippen LogP contribution is -2.57. The molecule has 0 radical (unpaired) electrons. The van der Waals surface area contributed by atoms with Gasteiger partial charge in [-0.05, 0) is 33.6 Å². The minimum absolute atomic E-state index is 0.0840. The van der Waals surface area contributed by atoms with Gasteiger partial charge in [-0.3, -0.25) is 9.59 Å². The van der Waals surface area contributed by atoms with Gasteiger partial charge in [-0.15, -0.1) is 0 Å². The number of nitrogens with one attached hydrogen (secondary N) is 2. The Morgan fingerprint density at radius 2 is 1.91 bits per heavy atom. The number of hydrogen-bond donors (Lipinski definition) is 2. The Morgan fingerprint density at radius 3 is 2.59 bits per heavy atom. The van der Waals surface area contributed by atoms with Gasteiger partial charge in [0.2, 0.25) is 11.8 Å². The zero-order valence-corrected chi connectivity index (χ0v) is 14.2. The van der Waals surface area contributed by atoms with E-state index in [1.165, 1.54) is 6.42 Å². The molecule has 0 spiro atoms. The number of piperazine rings is 1. The average molecular weight is 309 g/mol. The van der Waals surface area contributed by atoms with Gasteiger partial charge in [0.1, 0.15) is 0 Å². The van der Waals surface area contributed by atoms with Crippen LogP contribution in [0.15, 0.2) is 0 Å². The molecular weight excluding hydrogens is 278 g/mol. The highest BCUT2D eigenvalue weighted by Gasteiger charge is 2.29. The Morgan fingerprint density at radius 1 is 1.23 bits per heavy atom. The zero-order chi connectivity index (χ0) is 16.1. The second kappa shape index (κ2) is 7.95. The lowest BCUT2D eigenvalue weighted by atomic mass is 9.88. The summed E-state index contributed by atoms with van der Waals surface area (Å²) >= 11 is 0. The zero-order valence-electron chi connectivity index (χ0n) is 14.2. The van der Waals surface area contributed by atoms with Crippen LogP contribution in [0.1, 0.15) is 59.3 Å². The van der Waals surface area contributed by atoms with Crippen molar-refractivity contribution in [2.45, 2.75) is 77.4 Å². The molecule has 2 fully saturated rings. The number of carbonyl (C=O) groups is 2. The quantitative estimate of drug-likeness (QED) is 0.830. The molecule has 2 N–H and O–H groups in total. The van der Waals surface area contributed by atoms with E-state index >= 15 is 0 Å². The van der Waals surface area contributed by atoms with Gasteiger partial charge in [0.05, 0.1) is 0 Å². The molecule has 1 aliphatic heterocycles. The molecule has 5 heteroatoms. The van der Waals surface area contributed by atoms with E-state index in [1.807, 2.05) is 11.8 Å². The van der Waals surface area contributed by atoms with E-state index in [0.29, 0.717) is 12.5 Å². The third-order valence-corrected chi connectivity index (χ3v) is 5.20. The Bertz CT molecular complexity index is 393. The molecule has 3 unspecified atom stereocenters. The van der Waals surface area contributed by atoms with Crippen molar-refractivity contribution in [1.29, 1.82) is 0 Å². The molecule has 5 nitrogen and oxygen atoms in total. The van der Waals surface area contributed by atoms with Gasteiger partial charge in [-0.25, -0.2) is 0 Å². The fraction of sp³-hybridized carbons (Fsp3) is 0.882. The standard InChI is InChI=1S/C17H31N3O2/c1-12(19-17(22)15-7-5-4-6-8-15)11-16(21)20-10-9-18-13(2)14(20)3/h12-15,18H,4-11H2,1-3H3,(H,19,22). The van der Waals surface area contributed by atoms with Crippen molar-refractivity contribution in [3.63, 3.8) is 0 Å². The summed E-state index contributed by atoms with van der Waals surface area (Å²) in [6.07, 6.45) is 5.95. The minimum Gasteiger partial charge on any atom is -0.353 e. The van der Waals surface area contributed by atoms with Gasteiger partial charge in [0, 0.05) is 43.6 Å². The summed E-state index contributed by atoms with van der Waals surface area (Å²) in [5.74, 6) is 0.448. The smallest absolute Gasteiger partial charge is 0.224 e. The number of carbonyl (C=O) groups excluding carboxylic acids is 2. The first-order valence-corrected chi connectivity index (χ1v) is 8.82. The maximum atomic E-state index is 12.5. The van der Waals surface area contributed by atoms with Crippen LogP contribution < -0.4 is 10.6 Å². The van der Waals surface area contributed by atoms with Crippen molar-refractivity contribution < 1.29 is 9.59 Å². The van der Waals surface area contributed by atoms with Crippen LogP contribution in [-0.2, 0) is 9.59 Å². The van der Waals surface area contributed by atoms with Crippen molar-refractivity contribution in [2.75, 3.05) is 13.1 Å². The molecule has 0 aromatic heterocycles. The van der Waals surface area contributed by atoms with Gasteiger partial charge in [0.15, 0.2) is 0 Å². The Hall–Kier alpha value is -1.10. The van der Waals surface area contributed by atoms with Crippen LogP contribution in [0.25, 0.3) is 0 Å². The Labute approximate surface area is 134 Å². The fourth-order valence-electron chi connectivity index (χ4n) is 3.56. The van der Waals surface area contributed by atoms with Crippen molar-refractivity contribution in [3.05, 3.63) is 0 Å². The van der Waals surface area contributed by atoms with Crippen molar-refractivity contribution in [3.8, 4) is 0 Å². The van der Waals surface area contributed by atoms with E-state index in [-0.39, 0.29) is 29.8 Å². The van der Waals surface area contributed by atoms with Crippen molar-refractivity contribution >= 4 is 11.8 Å².